The minimum absolute atomic E-state index is 0.0734. The molecule has 4 heteroatoms. The molecule has 15 heavy (non-hydrogen) atoms. The van der Waals surface area contributed by atoms with Crippen LogP contribution in [0.25, 0.3) is 0 Å². The van der Waals surface area contributed by atoms with E-state index in [9.17, 15) is 4.79 Å². The van der Waals surface area contributed by atoms with E-state index in [-0.39, 0.29) is 5.91 Å². The molecule has 4 nitrogen and oxygen atoms in total. The Balaban J connectivity index is 3.45. The molecule has 0 fully saturated rings. The van der Waals surface area contributed by atoms with E-state index in [1.165, 1.54) is 0 Å². The van der Waals surface area contributed by atoms with Gasteiger partial charge in [0.2, 0.25) is 5.91 Å². The summed E-state index contributed by atoms with van der Waals surface area (Å²) < 4.78 is 0. The Morgan fingerprint density at radius 3 is 2.80 bits per heavy atom. The molecule has 0 rings (SSSR count). The van der Waals surface area contributed by atoms with Gasteiger partial charge < -0.3 is 11.1 Å². The van der Waals surface area contributed by atoms with E-state index in [1.54, 1.807) is 0 Å². The van der Waals surface area contributed by atoms with E-state index in [4.69, 9.17) is 11.0 Å². The molecular formula is C11H21N3O. The van der Waals surface area contributed by atoms with Crippen molar-refractivity contribution in [2.75, 3.05) is 13.1 Å². The van der Waals surface area contributed by atoms with E-state index < -0.39 is 0 Å². The second-order valence-corrected chi connectivity index (χ2v) is 3.68. The number of nitriles is 1. The molecule has 1 unspecified atom stereocenters. The summed E-state index contributed by atoms with van der Waals surface area (Å²) in [5, 5.41) is 11.1. The van der Waals surface area contributed by atoms with Crippen LogP contribution in [0.15, 0.2) is 0 Å². The highest BCUT2D eigenvalue weighted by atomic mass is 16.1. The number of amides is 1. The highest BCUT2D eigenvalue weighted by Gasteiger charge is 2.09. The van der Waals surface area contributed by atoms with Crippen LogP contribution in [0, 0.1) is 17.2 Å². The van der Waals surface area contributed by atoms with Gasteiger partial charge in [-0.25, -0.2) is 0 Å². The summed E-state index contributed by atoms with van der Waals surface area (Å²) in [6.45, 7) is 3.28. The fraction of sp³-hybridized carbons (Fsp3) is 0.818. The third-order valence-corrected chi connectivity index (χ3v) is 2.42. The van der Waals surface area contributed by atoms with Crippen LogP contribution in [-0.4, -0.2) is 19.0 Å². The second-order valence-electron chi connectivity index (χ2n) is 3.68. The number of unbranched alkanes of at least 4 members (excludes halogenated alkanes) is 2. The Morgan fingerprint density at radius 2 is 2.27 bits per heavy atom. The summed E-state index contributed by atoms with van der Waals surface area (Å²) in [5.41, 5.74) is 5.51. The molecule has 0 saturated heterocycles. The highest BCUT2D eigenvalue weighted by molar-refractivity contribution is 5.76. The summed E-state index contributed by atoms with van der Waals surface area (Å²) in [6, 6.07) is 2.08. The topological polar surface area (TPSA) is 78.9 Å². The fourth-order valence-corrected chi connectivity index (χ4v) is 1.29. The van der Waals surface area contributed by atoms with Crippen molar-refractivity contribution in [1.82, 2.24) is 5.32 Å². The zero-order valence-electron chi connectivity index (χ0n) is 9.46. The minimum atomic E-state index is 0.0734. The molecule has 86 valence electrons. The summed E-state index contributed by atoms with van der Waals surface area (Å²) >= 11 is 0. The fourth-order valence-electron chi connectivity index (χ4n) is 1.29. The lowest BCUT2D eigenvalue weighted by Crippen LogP contribution is -2.28. The number of hydrogen-bond donors (Lipinski definition) is 2. The first kappa shape index (κ1) is 13.9. The average Bonchev–Trinajstić information content (AvgIpc) is 2.25. The standard InChI is InChI=1S/C11H21N3O/c1-2-10(9-13)8-11(15)14-7-5-3-4-6-12/h10H,2-5,7-9,13H2,1H3,(H,14,15). The molecule has 0 aliphatic heterocycles. The van der Waals surface area contributed by atoms with E-state index >= 15 is 0 Å². The maximum absolute atomic E-state index is 11.4. The van der Waals surface area contributed by atoms with Gasteiger partial charge in [0.15, 0.2) is 0 Å². The van der Waals surface area contributed by atoms with Crippen molar-refractivity contribution in [3.8, 4) is 6.07 Å². The van der Waals surface area contributed by atoms with E-state index in [0.717, 1.165) is 19.3 Å². The van der Waals surface area contributed by atoms with Crippen molar-refractivity contribution < 1.29 is 4.79 Å². The molecule has 0 aromatic carbocycles. The molecule has 1 atom stereocenters. The third kappa shape index (κ3) is 7.95. The lowest BCUT2D eigenvalue weighted by atomic mass is 10.0. The van der Waals surface area contributed by atoms with Gasteiger partial charge in [0.25, 0.3) is 0 Å². The smallest absolute Gasteiger partial charge is 0.220 e. The van der Waals surface area contributed by atoms with Gasteiger partial charge in [-0.05, 0) is 25.3 Å². The molecule has 0 aliphatic rings. The lowest BCUT2D eigenvalue weighted by molar-refractivity contribution is -0.121. The SMILES string of the molecule is CCC(CN)CC(=O)NCCCCC#N. The van der Waals surface area contributed by atoms with E-state index in [0.29, 0.717) is 31.8 Å². The van der Waals surface area contributed by atoms with Gasteiger partial charge >= 0.3 is 0 Å². The van der Waals surface area contributed by atoms with Crippen LogP contribution in [0.2, 0.25) is 0 Å². The van der Waals surface area contributed by atoms with Crippen molar-refractivity contribution in [2.24, 2.45) is 11.7 Å². The molecule has 0 saturated carbocycles. The molecule has 3 N–H and O–H groups in total. The molecule has 0 aliphatic carbocycles. The first-order valence-corrected chi connectivity index (χ1v) is 5.58. The number of nitrogens with zero attached hydrogens (tertiary/aromatic N) is 1. The number of carbonyl (C=O) groups excluding carboxylic acids is 1. The van der Waals surface area contributed by atoms with Crippen LogP contribution >= 0.6 is 0 Å². The Hall–Kier alpha value is -1.08. The first-order valence-electron chi connectivity index (χ1n) is 5.58. The highest BCUT2D eigenvalue weighted by Crippen LogP contribution is 2.05. The van der Waals surface area contributed by atoms with Crippen LogP contribution in [0.3, 0.4) is 0 Å². The maximum Gasteiger partial charge on any atom is 0.220 e. The van der Waals surface area contributed by atoms with Crippen molar-refractivity contribution in [3.63, 3.8) is 0 Å². The van der Waals surface area contributed by atoms with Gasteiger partial charge in [-0.2, -0.15) is 5.26 Å². The molecule has 0 aromatic rings. The molecule has 0 aromatic heterocycles. The summed E-state index contributed by atoms with van der Waals surface area (Å²) in [4.78, 5) is 11.4. The van der Waals surface area contributed by atoms with Gasteiger partial charge in [-0.3, -0.25) is 4.79 Å². The summed E-state index contributed by atoms with van der Waals surface area (Å²) in [5.74, 6) is 0.369. The van der Waals surface area contributed by atoms with Gasteiger partial charge in [0.05, 0.1) is 6.07 Å². The van der Waals surface area contributed by atoms with Crippen LogP contribution in [0.1, 0.15) is 39.0 Å². The van der Waals surface area contributed by atoms with Gasteiger partial charge in [-0.15, -0.1) is 0 Å². The van der Waals surface area contributed by atoms with Crippen molar-refractivity contribution in [1.29, 1.82) is 5.26 Å². The number of nitrogens with one attached hydrogen (secondary N) is 1. The number of carbonyl (C=O) groups is 1. The van der Waals surface area contributed by atoms with Crippen LogP contribution in [0.5, 0.6) is 0 Å². The summed E-state index contributed by atoms with van der Waals surface area (Å²) in [6.07, 6.45) is 3.75. The molecule has 0 radical (unpaired) electrons. The van der Waals surface area contributed by atoms with Crippen LogP contribution < -0.4 is 11.1 Å². The van der Waals surface area contributed by atoms with Crippen molar-refractivity contribution in [3.05, 3.63) is 0 Å². The molecule has 1 amide bonds. The molecule has 0 bridgehead atoms. The largest absolute Gasteiger partial charge is 0.356 e. The van der Waals surface area contributed by atoms with Crippen LogP contribution in [0.4, 0.5) is 0 Å². The van der Waals surface area contributed by atoms with Crippen molar-refractivity contribution in [2.45, 2.75) is 39.0 Å². The maximum atomic E-state index is 11.4. The number of rotatable bonds is 8. The monoisotopic (exact) mass is 211 g/mol. The number of nitrogens with two attached hydrogens (primary N) is 1. The second kappa shape index (κ2) is 9.47. The van der Waals surface area contributed by atoms with E-state index in [2.05, 4.69) is 11.4 Å². The predicted molar refractivity (Wildman–Crippen MR) is 59.9 cm³/mol. The Kier molecular flexibility index (Phi) is 8.79. The van der Waals surface area contributed by atoms with Crippen molar-refractivity contribution >= 4 is 5.91 Å². The molecule has 0 heterocycles. The Bertz CT molecular complexity index is 206. The van der Waals surface area contributed by atoms with E-state index in [1.807, 2.05) is 6.92 Å². The Morgan fingerprint density at radius 1 is 1.53 bits per heavy atom. The average molecular weight is 211 g/mol. The zero-order valence-corrected chi connectivity index (χ0v) is 9.46. The number of hydrogen-bond acceptors (Lipinski definition) is 3. The first-order chi connectivity index (χ1) is 7.24. The van der Waals surface area contributed by atoms with Gasteiger partial charge in [-0.1, -0.05) is 13.3 Å². The normalized spacial score (nSPS) is 11.8. The zero-order chi connectivity index (χ0) is 11.5. The minimum Gasteiger partial charge on any atom is -0.356 e. The predicted octanol–water partition coefficient (Wildman–Crippen LogP) is 1.17. The molecule has 0 spiro atoms. The lowest BCUT2D eigenvalue weighted by Gasteiger charge is -2.11. The van der Waals surface area contributed by atoms with Crippen LogP contribution in [-0.2, 0) is 4.79 Å². The molecular weight excluding hydrogens is 190 g/mol. The van der Waals surface area contributed by atoms with Gasteiger partial charge in [0, 0.05) is 19.4 Å². The third-order valence-electron chi connectivity index (χ3n) is 2.42. The quantitative estimate of drug-likeness (QED) is 0.591. The Labute approximate surface area is 91.8 Å². The summed E-state index contributed by atoms with van der Waals surface area (Å²) in [7, 11) is 0. The van der Waals surface area contributed by atoms with Gasteiger partial charge in [0.1, 0.15) is 0 Å².